The molecule has 0 N–H and O–H groups in total. The Labute approximate surface area is 113 Å². The molecule has 1 aliphatic rings. The molecule has 2 aromatic rings. The first-order chi connectivity index (χ1) is 9.25. The van der Waals surface area contributed by atoms with Crippen molar-refractivity contribution in [2.24, 2.45) is 0 Å². The third-order valence-corrected chi connectivity index (χ3v) is 3.42. The predicted molar refractivity (Wildman–Crippen MR) is 77.2 cm³/mol. The van der Waals surface area contributed by atoms with Crippen LogP contribution in [-0.2, 0) is 11.3 Å². The zero-order chi connectivity index (χ0) is 13.2. The van der Waals surface area contributed by atoms with E-state index in [1.54, 1.807) is 4.90 Å². The van der Waals surface area contributed by atoms with E-state index in [0.29, 0.717) is 6.54 Å². The van der Waals surface area contributed by atoms with Gasteiger partial charge < -0.3 is 4.90 Å². The summed E-state index contributed by atoms with van der Waals surface area (Å²) >= 11 is 0. The molecule has 0 aromatic heterocycles. The molecule has 0 atom stereocenters. The molecule has 0 saturated heterocycles. The zero-order valence-corrected chi connectivity index (χ0v) is 10.8. The summed E-state index contributed by atoms with van der Waals surface area (Å²) in [4.78, 5) is 14.2. The fourth-order valence-corrected chi connectivity index (χ4v) is 2.39. The normalized spacial score (nSPS) is 14.7. The van der Waals surface area contributed by atoms with Crippen molar-refractivity contribution < 1.29 is 4.79 Å². The van der Waals surface area contributed by atoms with Crippen molar-refractivity contribution in [1.82, 2.24) is 4.90 Å². The van der Waals surface area contributed by atoms with Gasteiger partial charge in [0.1, 0.15) is 0 Å². The van der Waals surface area contributed by atoms with Gasteiger partial charge in [0, 0.05) is 19.2 Å². The van der Waals surface area contributed by atoms with E-state index in [9.17, 15) is 4.79 Å². The van der Waals surface area contributed by atoms with Crippen LogP contribution in [0.5, 0.6) is 0 Å². The molecular weight excluding hydrogens is 234 g/mol. The Morgan fingerprint density at radius 1 is 0.947 bits per heavy atom. The van der Waals surface area contributed by atoms with E-state index in [0.717, 1.165) is 16.7 Å². The van der Waals surface area contributed by atoms with Gasteiger partial charge in [0.2, 0.25) is 0 Å². The van der Waals surface area contributed by atoms with Crippen LogP contribution in [-0.4, -0.2) is 17.9 Å². The van der Waals surface area contributed by atoms with Crippen LogP contribution in [0, 0.1) is 0 Å². The second-order valence-corrected chi connectivity index (χ2v) is 4.78. The summed E-state index contributed by atoms with van der Waals surface area (Å²) in [5.74, 6) is 0.0717. The molecule has 0 bridgehead atoms. The number of carbonyl (C=O) groups excluding carboxylic acids is 1. The number of amides is 1. The molecule has 19 heavy (non-hydrogen) atoms. The summed E-state index contributed by atoms with van der Waals surface area (Å²) in [7, 11) is 1.85. The SMILES string of the molecule is CN1Cc2ccccc2C=C(c2ccccc2)C1=O. The fourth-order valence-electron chi connectivity index (χ4n) is 2.39. The van der Waals surface area contributed by atoms with Gasteiger partial charge in [-0.2, -0.15) is 0 Å². The van der Waals surface area contributed by atoms with E-state index < -0.39 is 0 Å². The van der Waals surface area contributed by atoms with Crippen molar-refractivity contribution in [2.75, 3.05) is 7.05 Å². The van der Waals surface area contributed by atoms with E-state index in [2.05, 4.69) is 12.1 Å². The lowest BCUT2D eigenvalue weighted by atomic mass is 10.0. The Balaban J connectivity index is 2.16. The summed E-state index contributed by atoms with van der Waals surface area (Å²) in [6, 6.07) is 18.0. The molecule has 1 aliphatic heterocycles. The highest BCUT2D eigenvalue weighted by molar-refractivity contribution is 6.24. The minimum Gasteiger partial charge on any atom is -0.337 e. The average Bonchev–Trinajstić information content (AvgIpc) is 2.58. The van der Waals surface area contributed by atoms with E-state index >= 15 is 0 Å². The second-order valence-electron chi connectivity index (χ2n) is 4.78. The number of hydrogen-bond donors (Lipinski definition) is 0. The van der Waals surface area contributed by atoms with Crippen molar-refractivity contribution in [3.05, 3.63) is 71.3 Å². The second kappa shape index (κ2) is 4.73. The monoisotopic (exact) mass is 249 g/mol. The molecule has 2 nitrogen and oxygen atoms in total. The van der Waals surface area contributed by atoms with Crippen molar-refractivity contribution in [2.45, 2.75) is 6.54 Å². The molecule has 0 spiro atoms. The largest absolute Gasteiger partial charge is 0.337 e. The molecule has 0 saturated carbocycles. The molecule has 2 heteroatoms. The first-order valence-electron chi connectivity index (χ1n) is 6.36. The summed E-state index contributed by atoms with van der Waals surface area (Å²) in [6.45, 7) is 0.655. The summed E-state index contributed by atoms with van der Waals surface area (Å²) in [5.41, 5.74) is 4.03. The summed E-state index contributed by atoms with van der Waals surface area (Å²) < 4.78 is 0. The smallest absolute Gasteiger partial charge is 0.254 e. The maximum atomic E-state index is 12.5. The predicted octanol–water partition coefficient (Wildman–Crippen LogP) is 3.20. The summed E-state index contributed by atoms with van der Waals surface area (Å²) in [5, 5.41) is 0. The Hall–Kier alpha value is -2.35. The lowest BCUT2D eigenvalue weighted by Gasteiger charge is -2.16. The number of carbonyl (C=O) groups is 1. The maximum Gasteiger partial charge on any atom is 0.254 e. The fraction of sp³-hybridized carbons (Fsp3) is 0.118. The van der Waals surface area contributed by atoms with Gasteiger partial charge in [-0.15, -0.1) is 0 Å². The van der Waals surface area contributed by atoms with Crippen molar-refractivity contribution >= 4 is 17.6 Å². The van der Waals surface area contributed by atoms with Gasteiger partial charge in [0.25, 0.3) is 5.91 Å². The lowest BCUT2D eigenvalue weighted by Crippen LogP contribution is -2.25. The number of nitrogens with zero attached hydrogens (tertiary/aromatic N) is 1. The Morgan fingerprint density at radius 2 is 1.63 bits per heavy atom. The van der Waals surface area contributed by atoms with Crippen LogP contribution < -0.4 is 0 Å². The van der Waals surface area contributed by atoms with E-state index in [4.69, 9.17) is 0 Å². The van der Waals surface area contributed by atoms with Crippen molar-refractivity contribution in [3.63, 3.8) is 0 Å². The molecule has 0 aliphatic carbocycles. The van der Waals surface area contributed by atoms with Gasteiger partial charge in [-0.3, -0.25) is 4.79 Å². The van der Waals surface area contributed by atoms with Crippen molar-refractivity contribution in [1.29, 1.82) is 0 Å². The van der Waals surface area contributed by atoms with E-state index in [-0.39, 0.29) is 5.91 Å². The van der Waals surface area contributed by atoms with Crippen LogP contribution in [0.15, 0.2) is 54.6 Å². The molecule has 1 amide bonds. The standard InChI is InChI=1S/C17H15NO/c1-18-12-15-10-6-5-9-14(15)11-16(17(18)19)13-7-3-2-4-8-13/h2-11H,12H2,1H3. The third kappa shape index (κ3) is 2.17. The molecule has 1 heterocycles. The van der Waals surface area contributed by atoms with Gasteiger partial charge in [-0.1, -0.05) is 54.6 Å². The minimum atomic E-state index is 0.0717. The van der Waals surface area contributed by atoms with E-state index in [1.165, 1.54) is 5.56 Å². The zero-order valence-electron chi connectivity index (χ0n) is 10.8. The number of rotatable bonds is 1. The van der Waals surface area contributed by atoms with Gasteiger partial charge in [0.05, 0.1) is 0 Å². The third-order valence-electron chi connectivity index (χ3n) is 3.42. The molecular formula is C17H15NO. The highest BCUT2D eigenvalue weighted by Crippen LogP contribution is 2.26. The molecule has 0 fully saturated rings. The van der Waals surface area contributed by atoms with Crippen LogP contribution in [0.3, 0.4) is 0 Å². The Morgan fingerprint density at radius 3 is 2.42 bits per heavy atom. The van der Waals surface area contributed by atoms with Crippen LogP contribution in [0.4, 0.5) is 0 Å². The molecule has 0 unspecified atom stereocenters. The van der Waals surface area contributed by atoms with Crippen LogP contribution in [0.2, 0.25) is 0 Å². The van der Waals surface area contributed by atoms with Crippen molar-refractivity contribution in [3.8, 4) is 0 Å². The van der Waals surface area contributed by atoms with Gasteiger partial charge in [-0.05, 0) is 22.8 Å². The lowest BCUT2D eigenvalue weighted by molar-refractivity contribution is -0.124. The van der Waals surface area contributed by atoms with Gasteiger partial charge in [0.15, 0.2) is 0 Å². The number of fused-ring (bicyclic) bond motifs is 1. The quantitative estimate of drug-likeness (QED) is 0.760. The van der Waals surface area contributed by atoms with Gasteiger partial charge in [-0.25, -0.2) is 0 Å². The molecule has 0 radical (unpaired) electrons. The first kappa shape index (κ1) is 11.7. The topological polar surface area (TPSA) is 20.3 Å². The van der Waals surface area contributed by atoms with Gasteiger partial charge >= 0.3 is 0 Å². The minimum absolute atomic E-state index is 0.0717. The molecule has 3 rings (SSSR count). The first-order valence-corrected chi connectivity index (χ1v) is 6.36. The highest BCUT2D eigenvalue weighted by Gasteiger charge is 2.21. The Kier molecular flexibility index (Phi) is 2.92. The summed E-state index contributed by atoms with van der Waals surface area (Å²) in [6.07, 6.45) is 2.00. The van der Waals surface area contributed by atoms with E-state index in [1.807, 2.05) is 55.6 Å². The number of benzene rings is 2. The van der Waals surface area contributed by atoms with Crippen LogP contribution >= 0.6 is 0 Å². The average molecular weight is 249 g/mol. The number of hydrogen-bond acceptors (Lipinski definition) is 1. The Bertz CT molecular complexity index is 643. The maximum absolute atomic E-state index is 12.5. The molecule has 94 valence electrons. The van der Waals surface area contributed by atoms with Crippen LogP contribution in [0.1, 0.15) is 16.7 Å². The number of likely N-dealkylation sites (N-methyl/N-ethyl adjacent to an activating group) is 1. The highest BCUT2D eigenvalue weighted by atomic mass is 16.2. The van der Waals surface area contributed by atoms with Crippen LogP contribution in [0.25, 0.3) is 11.6 Å². The molecule has 2 aromatic carbocycles.